The van der Waals surface area contributed by atoms with Crippen molar-refractivity contribution < 1.29 is 32.6 Å². The van der Waals surface area contributed by atoms with Gasteiger partial charge in [0.25, 0.3) is 11.5 Å². The largest absolute Gasteiger partial charge is 0.504 e. The molecule has 1 fully saturated rings. The Bertz CT molecular complexity index is 2100. The van der Waals surface area contributed by atoms with Gasteiger partial charge in [0.05, 0.1) is 46.3 Å². The number of rotatable bonds is 5. The summed E-state index contributed by atoms with van der Waals surface area (Å²) in [7, 11) is 0. The van der Waals surface area contributed by atoms with Crippen LogP contribution in [0.15, 0.2) is 35.4 Å². The van der Waals surface area contributed by atoms with Gasteiger partial charge in [-0.25, -0.2) is 9.97 Å². The maximum atomic E-state index is 14.2. The first-order valence-corrected chi connectivity index (χ1v) is 15.8. The van der Waals surface area contributed by atoms with Crippen LogP contribution in [0.25, 0.3) is 11.4 Å². The van der Waals surface area contributed by atoms with Crippen molar-refractivity contribution in [2.75, 3.05) is 31.6 Å². The lowest BCUT2D eigenvalue weighted by Crippen LogP contribution is -2.51. The molecule has 3 aliphatic heterocycles. The molecule has 14 nitrogen and oxygen atoms in total. The van der Waals surface area contributed by atoms with Crippen molar-refractivity contribution in [2.45, 2.75) is 51.0 Å². The second kappa shape index (κ2) is 12.2. The van der Waals surface area contributed by atoms with Crippen molar-refractivity contribution in [3.63, 3.8) is 0 Å². The van der Waals surface area contributed by atoms with Crippen LogP contribution in [0.2, 0.25) is 5.02 Å². The number of carbonyl (C=O) groups is 2. The van der Waals surface area contributed by atoms with Gasteiger partial charge in [-0.05, 0) is 50.0 Å². The van der Waals surface area contributed by atoms with Crippen molar-refractivity contribution in [2.24, 2.45) is 0 Å². The lowest BCUT2D eigenvalue weighted by Gasteiger charge is -2.39. The number of halogens is 4. The quantitative estimate of drug-likeness (QED) is 0.282. The third-order valence-corrected chi connectivity index (χ3v) is 9.47. The highest BCUT2D eigenvalue weighted by molar-refractivity contribution is 6.33. The van der Waals surface area contributed by atoms with Gasteiger partial charge < -0.3 is 29.9 Å². The number of piperidine rings is 1. The van der Waals surface area contributed by atoms with E-state index in [2.05, 4.69) is 30.7 Å². The zero-order valence-corrected chi connectivity index (χ0v) is 26.7. The van der Waals surface area contributed by atoms with E-state index in [0.29, 0.717) is 49.6 Å². The highest BCUT2D eigenvalue weighted by Crippen LogP contribution is 2.39. The van der Waals surface area contributed by atoms with Gasteiger partial charge in [-0.1, -0.05) is 17.7 Å². The number of fused-ring (bicyclic) bond motifs is 3. The van der Waals surface area contributed by atoms with Crippen LogP contribution in [0.5, 0.6) is 5.75 Å². The number of carbonyl (C=O) groups excluding carboxylic acids is 2. The molecule has 49 heavy (non-hydrogen) atoms. The van der Waals surface area contributed by atoms with E-state index in [-0.39, 0.29) is 59.8 Å². The van der Waals surface area contributed by atoms with E-state index in [9.17, 15) is 32.7 Å². The molecule has 6 heterocycles. The fourth-order valence-corrected chi connectivity index (χ4v) is 6.78. The first kappa shape index (κ1) is 32.7. The fraction of sp³-hybridized carbons (Fsp3) is 0.387. The van der Waals surface area contributed by atoms with Crippen LogP contribution in [-0.2, 0) is 34.3 Å². The van der Waals surface area contributed by atoms with Gasteiger partial charge >= 0.3 is 6.18 Å². The average Bonchev–Trinajstić information content (AvgIpc) is 3.69. The first-order valence-electron chi connectivity index (χ1n) is 15.4. The highest BCUT2D eigenvalue weighted by Gasteiger charge is 2.46. The summed E-state index contributed by atoms with van der Waals surface area (Å²) >= 11 is 6.10. The Morgan fingerprint density at radius 3 is 2.67 bits per heavy atom. The fourth-order valence-electron chi connectivity index (χ4n) is 6.56. The van der Waals surface area contributed by atoms with E-state index in [4.69, 9.17) is 16.3 Å². The Balaban J connectivity index is 1.23. The van der Waals surface area contributed by atoms with Gasteiger partial charge in [0.15, 0.2) is 17.3 Å². The summed E-state index contributed by atoms with van der Waals surface area (Å²) in [6.07, 6.45) is -0.395. The SMILES string of the molecule is Cc1ncnc(C(=O)N2CCC3(CC2)NCc2c3c(=O)n3nc(C4=CCOCC4)nc3n2CC(=O)Nc2ccc(C(F)(F)F)cc2Cl)c1O. The van der Waals surface area contributed by atoms with Crippen LogP contribution in [0, 0.1) is 6.92 Å². The summed E-state index contributed by atoms with van der Waals surface area (Å²) in [6.45, 7) is 2.66. The molecule has 0 radical (unpaired) electrons. The van der Waals surface area contributed by atoms with Gasteiger partial charge in [0, 0.05) is 25.3 Å². The van der Waals surface area contributed by atoms with Crippen LogP contribution < -0.4 is 16.2 Å². The number of alkyl halides is 3. The molecule has 3 aliphatic rings. The average molecular weight is 700 g/mol. The minimum atomic E-state index is -4.61. The van der Waals surface area contributed by atoms with Crippen molar-refractivity contribution >= 4 is 40.5 Å². The lowest BCUT2D eigenvalue weighted by atomic mass is 9.83. The third-order valence-electron chi connectivity index (χ3n) is 9.16. The molecule has 1 aromatic carbocycles. The third kappa shape index (κ3) is 5.80. The molecule has 7 rings (SSSR count). The number of benzene rings is 1. The van der Waals surface area contributed by atoms with Gasteiger partial charge in [0.2, 0.25) is 11.7 Å². The number of nitrogens with one attached hydrogen (secondary N) is 2. The summed E-state index contributed by atoms with van der Waals surface area (Å²) in [5.41, 5.74) is -0.445. The molecule has 3 N–H and O–H groups in total. The number of amides is 2. The topological polar surface area (TPSA) is 169 Å². The number of anilines is 1. The molecular formula is C31H29ClF3N9O5. The van der Waals surface area contributed by atoms with E-state index < -0.39 is 34.7 Å². The minimum Gasteiger partial charge on any atom is -0.504 e. The lowest BCUT2D eigenvalue weighted by molar-refractivity contribution is -0.137. The van der Waals surface area contributed by atoms with E-state index in [0.717, 1.165) is 28.3 Å². The van der Waals surface area contributed by atoms with Crippen LogP contribution in [0.4, 0.5) is 18.9 Å². The molecule has 0 atom stereocenters. The molecule has 1 saturated heterocycles. The zero-order chi connectivity index (χ0) is 34.7. The van der Waals surface area contributed by atoms with Crippen LogP contribution in [0.1, 0.15) is 58.1 Å². The number of aryl methyl sites for hydroxylation is 1. The summed E-state index contributed by atoms with van der Waals surface area (Å²) in [4.78, 5) is 55.0. The maximum absolute atomic E-state index is 14.2. The molecule has 3 aromatic heterocycles. The molecule has 4 aromatic rings. The van der Waals surface area contributed by atoms with Crippen molar-refractivity contribution in [1.29, 1.82) is 0 Å². The number of nitrogens with zero attached hydrogens (tertiary/aromatic N) is 7. The van der Waals surface area contributed by atoms with Crippen molar-refractivity contribution in [3.05, 3.63) is 80.0 Å². The first-order chi connectivity index (χ1) is 23.4. The molecule has 18 heteroatoms. The Morgan fingerprint density at radius 1 is 1.20 bits per heavy atom. The second-order valence-corrected chi connectivity index (χ2v) is 12.4. The van der Waals surface area contributed by atoms with Gasteiger partial charge in [-0.2, -0.15) is 22.7 Å². The number of hydrogen-bond donors (Lipinski definition) is 3. The zero-order valence-electron chi connectivity index (χ0n) is 26.0. The van der Waals surface area contributed by atoms with E-state index in [1.807, 2.05) is 6.08 Å². The van der Waals surface area contributed by atoms with Crippen molar-refractivity contribution in [3.8, 4) is 5.75 Å². The molecule has 0 bridgehead atoms. The number of aromatic nitrogens is 6. The number of aromatic hydroxyl groups is 1. The molecular weight excluding hydrogens is 671 g/mol. The Kier molecular flexibility index (Phi) is 8.15. The summed E-state index contributed by atoms with van der Waals surface area (Å²) < 4.78 is 47.7. The van der Waals surface area contributed by atoms with Crippen LogP contribution in [-0.4, -0.2) is 77.3 Å². The molecule has 256 valence electrons. The predicted molar refractivity (Wildman–Crippen MR) is 168 cm³/mol. The Morgan fingerprint density at radius 2 is 1.98 bits per heavy atom. The summed E-state index contributed by atoms with van der Waals surface area (Å²) in [5.74, 6) is -0.953. The standard InChI is InChI=1S/C31H29ClF3N9O5/c1-16-25(46)24(37-15-36-16)28(48)42-8-6-30(7-9-42)23-21(13-38-30)43(14-22(45)39-20-3-2-18(12-19(20)32)31(33,34)35)29-40-26(41-44(29)27(23)47)17-4-10-49-11-5-17/h2-4,12,15,38,46H,5-11,13-14H2,1H3,(H,39,45). The smallest absolute Gasteiger partial charge is 0.416 e. The van der Waals surface area contributed by atoms with Gasteiger partial charge in [0.1, 0.15) is 12.9 Å². The normalized spacial score (nSPS) is 17.3. The van der Waals surface area contributed by atoms with E-state index in [1.54, 1.807) is 16.4 Å². The highest BCUT2D eigenvalue weighted by atomic mass is 35.5. The molecule has 2 amide bonds. The van der Waals surface area contributed by atoms with Crippen LogP contribution >= 0.6 is 11.6 Å². The maximum Gasteiger partial charge on any atom is 0.416 e. The predicted octanol–water partition coefficient (Wildman–Crippen LogP) is 3.04. The van der Waals surface area contributed by atoms with Gasteiger partial charge in [-0.15, -0.1) is 5.10 Å². The molecule has 0 unspecified atom stereocenters. The summed E-state index contributed by atoms with van der Waals surface area (Å²) in [6, 6.07) is 2.63. The monoisotopic (exact) mass is 699 g/mol. The number of ether oxygens (including phenoxy) is 1. The van der Waals surface area contributed by atoms with Gasteiger partial charge in [-0.3, -0.25) is 14.4 Å². The number of hydrogen-bond acceptors (Lipinski definition) is 10. The second-order valence-electron chi connectivity index (χ2n) is 12.0. The number of likely N-dealkylation sites (tertiary alicyclic amines) is 1. The Labute approximate surface area is 280 Å². The summed E-state index contributed by atoms with van der Waals surface area (Å²) in [5, 5.41) is 20.7. The van der Waals surface area contributed by atoms with Crippen LogP contribution in [0.3, 0.4) is 0 Å². The Hall–Kier alpha value is -4.87. The molecule has 0 aliphatic carbocycles. The van der Waals surface area contributed by atoms with Crippen molar-refractivity contribution in [1.82, 2.24) is 39.3 Å². The molecule has 0 saturated carbocycles. The minimum absolute atomic E-state index is 0.0144. The van der Waals surface area contributed by atoms with E-state index >= 15 is 0 Å². The van der Waals surface area contributed by atoms with E-state index in [1.165, 1.54) is 6.33 Å². The molecule has 1 spiro atoms.